The van der Waals surface area contributed by atoms with E-state index in [2.05, 4.69) is 36.1 Å². The molecular formula is C24H31BrF2N6O2. The van der Waals surface area contributed by atoms with Crippen molar-refractivity contribution in [1.29, 1.82) is 0 Å². The molecule has 35 heavy (non-hydrogen) atoms. The van der Waals surface area contributed by atoms with E-state index in [1.807, 2.05) is 0 Å². The summed E-state index contributed by atoms with van der Waals surface area (Å²) in [5.41, 5.74) is -1.51. The van der Waals surface area contributed by atoms with E-state index in [0.29, 0.717) is 6.42 Å². The Kier molecular flexibility index (Phi) is 10.8. The summed E-state index contributed by atoms with van der Waals surface area (Å²) in [5.74, 6) is -2.01. The quantitative estimate of drug-likeness (QED) is 0.138. The molecule has 8 nitrogen and oxygen atoms in total. The number of unbranched alkanes of at least 4 members (excludes halogenated alkanes) is 7. The number of nitrogens with zero attached hydrogens (tertiary/aromatic N) is 6. The van der Waals surface area contributed by atoms with Crippen molar-refractivity contribution in [2.24, 2.45) is 0 Å². The first-order valence-corrected chi connectivity index (χ1v) is 13.0. The Bertz CT molecular complexity index is 981. The normalized spacial score (nSPS) is 11.6. The molecule has 0 aliphatic heterocycles. The number of esters is 1. The van der Waals surface area contributed by atoms with Crippen LogP contribution in [0.4, 0.5) is 8.78 Å². The van der Waals surface area contributed by atoms with Gasteiger partial charge in [-0.15, -0.1) is 0 Å². The first kappa shape index (κ1) is 26.9. The van der Waals surface area contributed by atoms with Crippen LogP contribution >= 0.6 is 15.9 Å². The predicted molar refractivity (Wildman–Crippen MR) is 130 cm³/mol. The number of benzene rings is 1. The van der Waals surface area contributed by atoms with Gasteiger partial charge in [-0.25, -0.2) is 28.1 Å². The van der Waals surface area contributed by atoms with E-state index < -0.39 is 23.2 Å². The molecule has 0 spiro atoms. The lowest BCUT2D eigenvalue weighted by Gasteiger charge is -2.34. The fourth-order valence-electron chi connectivity index (χ4n) is 4.04. The summed E-state index contributed by atoms with van der Waals surface area (Å²) in [7, 11) is 0. The maximum atomic E-state index is 15.0. The smallest absolute Gasteiger partial charge is 0.306 e. The summed E-state index contributed by atoms with van der Waals surface area (Å²) >= 11 is 3.44. The highest BCUT2D eigenvalue weighted by atomic mass is 79.9. The molecule has 190 valence electrons. The number of hydrogen-bond donors (Lipinski definition) is 0. The summed E-state index contributed by atoms with van der Waals surface area (Å²) in [5, 5.41) is 9.25. The zero-order valence-corrected chi connectivity index (χ0v) is 21.2. The van der Waals surface area contributed by atoms with Gasteiger partial charge in [0.1, 0.15) is 36.9 Å². The molecule has 0 aliphatic carbocycles. The van der Waals surface area contributed by atoms with E-state index in [1.165, 1.54) is 66.4 Å². The van der Waals surface area contributed by atoms with Crippen molar-refractivity contribution < 1.29 is 18.3 Å². The second-order valence-electron chi connectivity index (χ2n) is 8.55. The molecular weight excluding hydrogens is 522 g/mol. The van der Waals surface area contributed by atoms with Crippen LogP contribution in [-0.4, -0.2) is 40.8 Å². The largest absolute Gasteiger partial charge is 0.450 e. The Morgan fingerprint density at radius 2 is 1.46 bits per heavy atom. The third-order valence-electron chi connectivity index (χ3n) is 5.76. The second-order valence-corrected chi connectivity index (χ2v) is 9.34. The van der Waals surface area contributed by atoms with Gasteiger partial charge in [0, 0.05) is 23.4 Å². The van der Waals surface area contributed by atoms with Crippen LogP contribution in [0.15, 0.2) is 43.5 Å². The molecule has 0 radical (unpaired) electrons. The van der Waals surface area contributed by atoms with E-state index in [4.69, 9.17) is 4.74 Å². The molecule has 0 amide bonds. The molecule has 2 aromatic heterocycles. The Balaban J connectivity index is 1.70. The van der Waals surface area contributed by atoms with Gasteiger partial charge >= 0.3 is 5.97 Å². The van der Waals surface area contributed by atoms with Crippen molar-refractivity contribution in [2.45, 2.75) is 76.5 Å². The Morgan fingerprint density at radius 3 is 1.97 bits per heavy atom. The highest BCUT2D eigenvalue weighted by molar-refractivity contribution is 9.09. The van der Waals surface area contributed by atoms with Gasteiger partial charge in [0.2, 0.25) is 0 Å². The first-order valence-electron chi connectivity index (χ1n) is 11.9. The van der Waals surface area contributed by atoms with E-state index in [1.54, 1.807) is 0 Å². The number of aromatic nitrogens is 6. The minimum atomic E-state index is -1.54. The fraction of sp³-hybridized carbons (Fsp3) is 0.542. The lowest BCUT2D eigenvalue weighted by atomic mass is 9.92. The average molecular weight is 553 g/mol. The lowest BCUT2D eigenvalue weighted by Crippen LogP contribution is -2.42. The molecule has 2 heterocycles. The third-order valence-corrected chi connectivity index (χ3v) is 6.32. The molecule has 0 saturated heterocycles. The van der Waals surface area contributed by atoms with E-state index >= 15 is 4.39 Å². The zero-order chi connectivity index (χ0) is 24.9. The third kappa shape index (κ3) is 8.48. The van der Waals surface area contributed by atoms with Crippen molar-refractivity contribution in [3.8, 4) is 0 Å². The van der Waals surface area contributed by atoms with Crippen LogP contribution < -0.4 is 0 Å². The minimum absolute atomic E-state index is 0.0294. The molecule has 11 heteroatoms. The number of ether oxygens (including phenoxy) is 1. The monoisotopic (exact) mass is 552 g/mol. The molecule has 0 aliphatic rings. The van der Waals surface area contributed by atoms with Crippen LogP contribution in [0.2, 0.25) is 0 Å². The zero-order valence-electron chi connectivity index (χ0n) is 19.7. The highest BCUT2D eigenvalue weighted by Crippen LogP contribution is 2.33. The van der Waals surface area contributed by atoms with Crippen LogP contribution in [0, 0.1) is 11.6 Å². The summed E-state index contributed by atoms with van der Waals surface area (Å²) in [6, 6.07) is 3.21. The van der Waals surface area contributed by atoms with Crippen LogP contribution in [0.5, 0.6) is 0 Å². The van der Waals surface area contributed by atoms with Gasteiger partial charge in [0.15, 0.2) is 5.60 Å². The second kappa shape index (κ2) is 14.0. The summed E-state index contributed by atoms with van der Waals surface area (Å²) in [4.78, 5) is 20.8. The van der Waals surface area contributed by atoms with Crippen LogP contribution in [0.3, 0.4) is 0 Å². The number of alkyl halides is 1. The number of carbonyl (C=O) groups is 1. The number of rotatable bonds is 16. The highest BCUT2D eigenvalue weighted by Gasteiger charge is 2.41. The summed E-state index contributed by atoms with van der Waals surface area (Å²) in [6.07, 6.45) is 14.4. The predicted octanol–water partition coefficient (Wildman–Crippen LogP) is 5.19. The van der Waals surface area contributed by atoms with E-state index in [0.717, 1.165) is 36.7 Å². The molecule has 1 aromatic carbocycles. The summed E-state index contributed by atoms with van der Waals surface area (Å²) < 4.78 is 37.6. The molecule has 0 N–H and O–H groups in total. The number of halogens is 3. The summed E-state index contributed by atoms with van der Waals surface area (Å²) in [6.45, 7) is -0.0644. The van der Waals surface area contributed by atoms with Gasteiger partial charge in [-0.1, -0.05) is 54.5 Å². The Morgan fingerprint density at radius 1 is 0.886 bits per heavy atom. The van der Waals surface area contributed by atoms with Crippen molar-refractivity contribution in [1.82, 2.24) is 29.5 Å². The maximum Gasteiger partial charge on any atom is 0.306 e. The van der Waals surface area contributed by atoms with Crippen LogP contribution in [0.1, 0.15) is 63.4 Å². The fourth-order valence-corrected chi connectivity index (χ4v) is 4.44. The van der Waals surface area contributed by atoms with Gasteiger partial charge < -0.3 is 4.74 Å². The molecule has 0 atom stereocenters. The molecule has 0 bridgehead atoms. The number of carbonyl (C=O) groups excluding carboxylic acids is 1. The number of hydrogen-bond acceptors (Lipinski definition) is 6. The van der Waals surface area contributed by atoms with Gasteiger partial charge in [-0.3, -0.25) is 4.79 Å². The SMILES string of the molecule is O=C(CCCCCCCCCCBr)OC(Cn1cncn1)(Cn1cncn1)c1ccc(F)cc1F. The Hall–Kier alpha value is -2.69. The molecule has 0 unspecified atom stereocenters. The van der Waals surface area contributed by atoms with Gasteiger partial charge in [0.25, 0.3) is 0 Å². The van der Waals surface area contributed by atoms with E-state index in [9.17, 15) is 9.18 Å². The first-order chi connectivity index (χ1) is 17.0. The molecule has 3 rings (SSSR count). The molecule has 0 fully saturated rings. The molecule has 0 saturated carbocycles. The van der Waals surface area contributed by atoms with Crippen molar-refractivity contribution >= 4 is 21.9 Å². The standard InChI is InChI=1S/C24H31BrF2N6O2/c25-12-8-6-4-2-1-3-5-7-9-23(34)35-24(14-32-18-28-16-30-32,15-33-19-29-17-31-33)21-11-10-20(26)13-22(21)27/h10-11,13,16-19H,1-9,12,14-15H2. The lowest BCUT2D eigenvalue weighted by molar-refractivity contribution is -0.166. The minimum Gasteiger partial charge on any atom is -0.450 e. The average Bonchev–Trinajstić information content (AvgIpc) is 3.52. The van der Waals surface area contributed by atoms with Crippen LogP contribution in [0.25, 0.3) is 0 Å². The van der Waals surface area contributed by atoms with Crippen molar-refractivity contribution in [3.05, 3.63) is 60.7 Å². The van der Waals surface area contributed by atoms with Crippen molar-refractivity contribution in [3.63, 3.8) is 0 Å². The molecule has 3 aromatic rings. The van der Waals surface area contributed by atoms with Gasteiger partial charge in [-0.05, 0) is 25.0 Å². The maximum absolute atomic E-state index is 15.0. The van der Waals surface area contributed by atoms with Gasteiger partial charge in [-0.2, -0.15) is 10.2 Å². The van der Waals surface area contributed by atoms with E-state index in [-0.39, 0.29) is 25.1 Å². The topological polar surface area (TPSA) is 87.7 Å². The van der Waals surface area contributed by atoms with Gasteiger partial charge in [0.05, 0.1) is 13.1 Å². The van der Waals surface area contributed by atoms with Crippen molar-refractivity contribution in [2.75, 3.05) is 5.33 Å². The Labute approximate surface area is 212 Å². The van der Waals surface area contributed by atoms with Crippen LogP contribution in [-0.2, 0) is 28.2 Å².